The summed E-state index contributed by atoms with van der Waals surface area (Å²) in [5.41, 5.74) is 0. The fraction of sp³-hybridized carbons (Fsp3) is 0.857. The molecular formula is C14H30N2. The zero-order chi connectivity index (χ0) is 12.4. The third-order valence-electron chi connectivity index (χ3n) is 2.31. The molecule has 0 aliphatic carbocycles. The molecule has 2 heteroatoms. The first kappa shape index (κ1) is 15.3. The molecule has 0 aliphatic rings. The van der Waals surface area contributed by atoms with Crippen molar-refractivity contribution in [2.75, 3.05) is 13.1 Å². The molecule has 0 saturated carbocycles. The normalized spacial score (nSPS) is 10.7. The molecule has 96 valence electrons. The second kappa shape index (κ2) is 9.56. The molecule has 0 amide bonds. The van der Waals surface area contributed by atoms with Gasteiger partial charge in [0, 0.05) is 13.1 Å². The lowest BCUT2D eigenvalue weighted by Gasteiger charge is -2.16. The predicted molar refractivity (Wildman–Crippen MR) is 73.3 cm³/mol. The largest absolute Gasteiger partial charge is 0.372 e. The number of allylic oxidation sites excluding steroid dienone is 1. The van der Waals surface area contributed by atoms with E-state index in [1.54, 1.807) is 0 Å². The van der Waals surface area contributed by atoms with Gasteiger partial charge in [-0.05, 0) is 30.8 Å². The van der Waals surface area contributed by atoms with Crippen LogP contribution in [0.1, 0.15) is 53.9 Å². The minimum Gasteiger partial charge on any atom is -0.372 e. The highest BCUT2D eigenvalue weighted by atomic mass is 15.1. The quantitative estimate of drug-likeness (QED) is 0.588. The highest BCUT2D eigenvalue weighted by Crippen LogP contribution is 1.99. The molecule has 0 aromatic carbocycles. The predicted octanol–water partition coefficient (Wildman–Crippen LogP) is 3.51. The summed E-state index contributed by atoms with van der Waals surface area (Å²) in [6.07, 6.45) is 6.00. The van der Waals surface area contributed by atoms with Gasteiger partial charge in [0.05, 0.1) is 5.82 Å². The van der Waals surface area contributed by atoms with Gasteiger partial charge in [0.1, 0.15) is 0 Å². The van der Waals surface area contributed by atoms with Gasteiger partial charge in [-0.1, -0.05) is 41.0 Å². The van der Waals surface area contributed by atoms with Crippen molar-refractivity contribution in [3.8, 4) is 0 Å². The van der Waals surface area contributed by atoms with Crippen LogP contribution < -0.4 is 10.6 Å². The molecule has 0 radical (unpaired) electrons. The van der Waals surface area contributed by atoms with Crippen LogP contribution in [0.4, 0.5) is 0 Å². The first-order chi connectivity index (χ1) is 7.56. The minimum absolute atomic E-state index is 0.690. The molecule has 0 fully saturated rings. The van der Waals surface area contributed by atoms with E-state index in [-0.39, 0.29) is 0 Å². The fourth-order valence-corrected chi connectivity index (χ4v) is 1.29. The van der Waals surface area contributed by atoms with Crippen LogP contribution in [0.3, 0.4) is 0 Å². The summed E-state index contributed by atoms with van der Waals surface area (Å²) in [6.45, 7) is 13.3. The standard InChI is InChI=1S/C14H30N2/c1-6-7-8-9-14(15-10-12(2)3)16-11-13(4)5/h9,12-13,15-16H,6-8,10-11H2,1-5H3. The lowest BCUT2D eigenvalue weighted by atomic mass is 10.2. The molecule has 0 bridgehead atoms. The molecule has 0 heterocycles. The third-order valence-corrected chi connectivity index (χ3v) is 2.31. The molecule has 0 saturated heterocycles. The Kier molecular flexibility index (Phi) is 9.16. The van der Waals surface area contributed by atoms with Crippen molar-refractivity contribution >= 4 is 0 Å². The average molecular weight is 226 g/mol. The average Bonchev–Trinajstić information content (AvgIpc) is 2.21. The number of unbranched alkanes of at least 4 members (excludes halogenated alkanes) is 2. The Balaban J connectivity index is 3.99. The van der Waals surface area contributed by atoms with Crippen LogP contribution in [0.15, 0.2) is 11.9 Å². The molecule has 2 nitrogen and oxygen atoms in total. The lowest BCUT2D eigenvalue weighted by Crippen LogP contribution is -2.31. The summed E-state index contributed by atoms with van der Waals surface area (Å²) in [7, 11) is 0. The Hall–Kier alpha value is -0.660. The summed E-state index contributed by atoms with van der Waals surface area (Å²) in [5.74, 6) is 2.60. The van der Waals surface area contributed by atoms with E-state index in [0.717, 1.165) is 13.1 Å². The van der Waals surface area contributed by atoms with Crippen LogP contribution in [-0.2, 0) is 0 Å². The summed E-state index contributed by atoms with van der Waals surface area (Å²) < 4.78 is 0. The summed E-state index contributed by atoms with van der Waals surface area (Å²) in [4.78, 5) is 0. The molecule has 0 spiro atoms. The van der Waals surface area contributed by atoms with E-state index < -0.39 is 0 Å². The molecule has 0 unspecified atom stereocenters. The Bertz CT molecular complexity index is 169. The van der Waals surface area contributed by atoms with Gasteiger partial charge in [0.15, 0.2) is 0 Å². The minimum atomic E-state index is 0.690. The zero-order valence-electron chi connectivity index (χ0n) is 11.8. The van der Waals surface area contributed by atoms with Gasteiger partial charge in [0.2, 0.25) is 0 Å². The van der Waals surface area contributed by atoms with E-state index in [1.165, 1.54) is 25.1 Å². The van der Waals surface area contributed by atoms with Crippen LogP contribution in [0, 0.1) is 11.8 Å². The summed E-state index contributed by atoms with van der Waals surface area (Å²) >= 11 is 0. The number of hydrogen-bond acceptors (Lipinski definition) is 2. The molecule has 2 N–H and O–H groups in total. The van der Waals surface area contributed by atoms with Crippen LogP contribution in [0.25, 0.3) is 0 Å². The van der Waals surface area contributed by atoms with Gasteiger partial charge in [-0.15, -0.1) is 0 Å². The van der Waals surface area contributed by atoms with E-state index in [2.05, 4.69) is 51.3 Å². The van der Waals surface area contributed by atoms with Crippen molar-refractivity contribution in [2.24, 2.45) is 11.8 Å². The van der Waals surface area contributed by atoms with Crippen LogP contribution in [0.5, 0.6) is 0 Å². The van der Waals surface area contributed by atoms with E-state index in [1.807, 2.05) is 0 Å². The van der Waals surface area contributed by atoms with Gasteiger partial charge in [-0.3, -0.25) is 0 Å². The monoisotopic (exact) mass is 226 g/mol. The SMILES string of the molecule is CCCCC=C(NCC(C)C)NCC(C)C. The number of nitrogens with one attached hydrogen (secondary N) is 2. The maximum atomic E-state index is 3.48. The van der Waals surface area contributed by atoms with Crippen molar-refractivity contribution in [3.05, 3.63) is 11.9 Å². The lowest BCUT2D eigenvalue weighted by molar-refractivity contribution is 0.533. The summed E-state index contributed by atoms with van der Waals surface area (Å²) in [5, 5.41) is 6.97. The molecule has 16 heavy (non-hydrogen) atoms. The topological polar surface area (TPSA) is 24.1 Å². The van der Waals surface area contributed by atoms with Gasteiger partial charge in [0.25, 0.3) is 0 Å². The molecule has 0 rings (SSSR count). The highest BCUT2D eigenvalue weighted by Gasteiger charge is 1.99. The molecule has 0 aliphatic heterocycles. The van der Waals surface area contributed by atoms with E-state index >= 15 is 0 Å². The van der Waals surface area contributed by atoms with Gasteiger partial charge < -0.3 is 10.6 Å². The maximum Gasteiger partial charge on any atom is 0.0945 e. The Morgan fingerprint density at radius 3 is 1.88 bits per heavy atom. The molecule has 0 atom stereocenters. The number of hydrogen-bond donors (Lipinski definition) is 2. The second-order valence-corrected chi connectivity index (χ2v) is 5.31. The van der Waals surface area contributed by atoms with Crippen molar-refractivity contribution in [1.82, 2.24) is 10.6 Å². The first-order valence-corrected chi connectivity index (χ1v) is 6.74. The zero-order valence-corrected chi connectivity index (χ0v) is 11.8. The van der Waals surface area contributed by atoms with Crippen molar-refractivity contribution in [3.63, 3.8) is 0 Å². The molecule has 0 aromatic rings. The van der Waals surface area contributed by atoms with Crippen LogP contribution in [0.2, 0.25) is 0 Å². The fourth-order valence-electron chi connectivity index (χ4n) is 1.29. The van der Waals surface area contributed by atoms with Gasteiger partial charge in [-0.2, -0.15) is 0 Å². The summed E-state index contributed by atoms with van der Waals surface area (Å²) in [6, 6.07) is 0. The Morgan fingerprint density at radius 1 is 1.00 bits per heavy atom. The Morgan fingerprint density at radius 2 is 1.50 bits per heavy atom. The van der Waals surface area contributed by atoms with Crippen LogP contribution >= 0.6 is 0 Å². The van der Waals surface area contributed by atoms with E-state index in [4.69, 9.17) is 0 Å². The first-order valence-electron chi connectivity index (χ1n) is 6.74. The van der Waals surface area contributed by atoms with Crippen LogP contribution in [-0.4, -0.2) is 13.1 Å². The van der Waals surface area contributed by atoms with Gasteiger partial charge >= 0.3 is 0 Å². The second-order valence-electron chi connectivity index (χ2n) is 5.31. The van der Waals surface area contributed by atoms with E-state index in [0.29, 0.717) is 11.8 Å². The molecule has 0 aromatic heterocycles. The van der Waals surface area contributed by atoms with Crippen molar-refractivity contribution in [2.45, 2.75) is 53.9 Å². The maximum absolute atomic E-state index is 3.48. The van der Waals surface area contributed by atoms with Crippen molar-refractivity contribution < 1.29 is 0 Å². The van der Waals surface area contributed by atoms with Crippen molar-refractivity contribution in [1.29, 1.82) is 0 Å². The van der Waals surface area contributed by atoms with Gasteiger partial charge in [-0.25, -0.2) is 0 Å². The smallest absolute Gasteiger partial charge is 0.0945 e. The highest BCUT2D eigenvalue weighted by molar-refractivity contribution is 4.97. The third kappa shape index (κ3) is 9.88. The van der Waals surface area contributed by atoms with E-state index in [9.17, 15) is 0 Å². The molecular weight excluding hydrogens is 196 g/mol. The number of rotatable bonds is 9. The Labute approximate surface area is 102 Å².